The Labute approximate surface area is 137 Å². The predicted octanol–water partition coefficient (Wildman–Crippen LogP) is 2.59. The third kappa shape index (κ3) is 3.73. The van der Waals surface area contributed by atoms with Crippen LogP contribution >= 0.6 is 15.9 Å². The molecule has 5 nitrogen and oxygen atoms in total. The van der Waals surface area contributed by atoms with E-state index in [2.05, 4.69) is 20.7 Å². The van der Waals surface area contributed by atoms with Crippen LogP contribution in [-0.4, -0.2) is 14.3 Å². The standard InChI is InChI=1S/C15H15BrN2O3S/c1-10(13-4-2-3-5-14(13)16)18-22(20,21)12-8-6-11(7-9-12)15(17)19/h2-10,18H,1H3,(H2,17,19). The highest BCUT2D eigenvalue weighted by Crippen LogP contribution is 2.24. The van der Waals surface area contributed by atoms with Crippen molar-refractivity contribution < 1.29 is 13.2 Å². The van der Waals surface area contributed by atoms with Gasteiger partial charge in [-0.2, -0.15) is 0 Å². The Morgan fingerprint density at radius 1 is 1.14 bits per heavy atom. The van der Waals surface area contributed by atoms with E-state index in [0.29, 0.717) is 0 Å². The molecule has 2 aromatic rings. The van der Waals surface area contributed by atoms with Crippen LogP contribution in [0.5, 0.6) is 0 Å². The summed E-state index contributed by atoms with van der Waals surface area (Å²) in [5, 5.41) is 0. The van der Waals surface area contributed by atoms with Gasteiger partial charge in [0.15, 0.2) is 0 Å². The van der Waals surface area contributed by atoms with Gasteiger partial charge >= 0.3 is 0 Å². The maximum atomic E-state index is 12.4. The first-order valence-electron chi connectivity index (χ1n) is 6.48. The van der Waals surface area contributed by atoms with E-state index >= 15 is 0 Å². The number of carbonyl (C=O) groups is 1. The molecule has 3 N–H and O–H groups in total. The number of nitrogens with one attached hydrogen (secondary N) is 1. The Bertz CT molecular complexity index is 789. The van der Waals surface area contributed by atoms with Gasteiger partial charge in [-0.25, -0.2) is 13.1 Å². The fourth-order valence-electron chi connectivity index (χ4n) is 1.99. The molecule has 0 bridgehead atoms. The van der Waals surface area contributed by atoms with Gasteiger partial charge in [0.1, 0.15) is 0 Å². The third-order valence-corrected chi connectivity index (χ3v) is 5.43. The van der Waals surface area contributed by atoms with Crippen molar-refractivity contribution >= 4 is 31.9 Å². The van der Waals surface area contributed by atoms with Gasteiger partial charge in [-0.1, -0.05) is 34.1 Å². The van der Waals surface area contributed by atoms with Gasteiger partial charge in [0.05, 0.1) is 4.90 Å². The van der Waals surface area contributed by atoms with E-state index in [1.165, 1.54) is 24.3 Å². The molecule has 0 radical (unpaired) electrons. The van der Waals surface area contributed by atoms with E-state index < -0.39 is 22.0 Å². The number of carbonyl (C=O) groups excluding carboxylic acids is 1. The van der Waals surface area contributed by atoms with Crippen LogP contribution in [0.2, 0.25) is 0 Å². The smallest absolute Gasteiger partial charge is 0.248 e. The van der Waals surface area contributed by atoms with Crippen molar-refractivity contribution in [3.63, 3.8) is 0 Å². The summed E-state index contributed by atoms with van der Waals surface area (Å²) in [4.78, 5) is 11.1. The van der Waals surface area contributed by atoms with Crippen molar-refractivity contribution in [3.05, 3.63) is 64.1 Å². The number of hydrogen-bond donors (Lipinski definition) is 2. The number of primary amides is 1. The maximum Gasteiger partial charge on any atom is 0.248 e. The molecule has 0 spiro atoms. The average molecular weight is 383 g/mol. The average Bonchev–Trinajstić information content (AvgIpc) is 2.47. The normalized spacial score (nSPS) is 12.8. The van der Waals surface area contributed by atoms with Gasteiger partial charge in [0.25, 0.3) is 0 Å². The first-order valence-corrected chi connectivity index (χ1v) is 8.75. The summed E-state index contributed by atoms with van der Waals surface area (Å²) < 4.78 is 28.2. The minimum absolute atomic E-state index is 0.0800. The van der Waals surface area contributed by atoms with Crippen LogP contribution in [0.1, 0.15) is 28.9 Å². The summed E-state index contributed by atoms with van der Waals surface area (Å²) >= 11 is 3.40. The van der Waals surface area contributed by atoms with E-state index in [1.807, 2.05) is 24.3 Å². The molecule has 0 fully saturated rings. The zero-order chi connectivity index (χ0) is 16.3. The lowest BCUT2D eigenvalue weighted by atomic mass is 10.1. The van der Waals surface area contributed by atoms with Crippen LogP contribution in [0.4, 0.5) is 0 Å². The lowest BCUT2D eigenvalue weighted by Crippen LogP contribution is -2.27. The molecule has 116 valence electrons. The van der Waals surface area contributed by atoms with Gasteiger partial charge in [0.2, 0.25) is 15.9 Å². The number of benzene rings is 2. The molecule has 0 heterocycles. The number of nitrogens with two attached hydrogens (primary N) is 1. The summed E-state index contributed by atoms with van der Waals surface area (Å²) in [7, 11) is -3.69. The zero-order valence-corrected chi connectivity index (χ0v) is 14.2. The molecule has 2 aromatic carbocycles. The number of amides is 1. The molecule has 0 saturated heterocycles. The van der Waals surface area contributed by atoms with Crippen LogP contribution in [0, 0.1) is 0 Å². The Morgan fingerprint density at radius 2 is 1.73 bits per heavy atom. The van der Waals surface area contributed by atoms with Gasteiger partial charge in [-0.05, 0) is 42.8 Å². The van der Waals surface area contributed by atoms with Crippen molar-refractivity contribution in [1.82, 2.24) is 4.72 Å². The predicted molar refractivity (Wildman–Crippen MR) is 87.8 cm³/mol. The monoisotopic (exact) mass is 382 g/mol. The molecule has 0 aliphatic heterocycles. The van der Waals surface area contributed by atoms with Gasteiger partial charge in [-0.15, -0.1) is 0 Å². The summed E-state index contributed by atoms with van der Waals surface area (Å²) in [6.07, 6.45) is 0. The van der Waals surface area contributed by atoms with Crippen molar-refractivity contribution in [2.24, 2.45) is 5.73 Å². The molecular weight excluding hydrogens is 368 g/mol. The quantitative estimate of drug-likeness (QED) is 0.832. The fraction of sp³-hybridized carbons (Fsp3) is 0.133. The molecule has 7 heteroatoms. The second kappa shape index (κ2) is 6.60. The zero-order valence-electron chi connectivity index (χ0n) is 11.8. The molecule has 1 amide bonds. The summed E-state index contributed by atoms with van der Waals surface area (Å²) in [6, 6.07) is 12.5. The Balaban J connectivity index is 2.24. The minimum Gasteiger partial charge on any atom is -0.366 e. The topological polar surface area (TPSA) is 89.3 Å². The van der Waals surface area contributed by atoms with Crippen LogP contribution in [0.15, 0.2) is 57.9 Å². The van der Waals surface area contributed by atoms with Crippen molar-refractivity contribution in [1.29, 1.82) is 0 Å². The lowest BCUT2D eigenvalue weighted by molar-refractivity contribution is 0.1000. The lowest BCUT2D eigenvalue weighted by Gasteiger charge is -2.16. The maximum absolute atomic E-state index is 12.4. The Hall–Kier alpha value is -1.70. The molecule has 1 unspecified atom stereocenters. The van der Waals surface area contributed by atoms with Crippen molar-refractivity contribution in [2.75, 3.05) is 0 Å². The van der Waals surface area contributed by atoms with Crippen LogP contribution in [-0.2, 0) is 10.0 Å². The molecular formula is C15H15BrN2O3S. The number of sulfonamides is 1. The van der Waals surface area contributed by atoms with Gasteiger partial charge in [-0.3, -0.25) is 4.79 Å². The van der Waals surface area contributed by atoms with Crippen LogP contribution in [0.3, 0.4) is 0 Å². The molecule has 1 atom stereocenters. The highest BCUT2D eigenvalue weighted by molar-refractivity contribution is 9.10. The van der Waals surface area contributed by atoms with E-state index in [0.717, 1.165) is 10.0 Å². The van der Waals surface area contributed by atoms with E-state index in [-0.39, 0.29) is 10.5 Å². The summed E-state index contributed by atoms with van der Waals surface area (Å²) in [6.45, 7) is 1.76. The summed E-state index contributed by atoms with van der Waals surface area (Å²) in [5.74, 6) is -0.599. The number of hydrogen-bond acceptors (Lipinski definition) is 3. The number of rotatable bonds is 5. The highest BCUT2D eigenvalue weighted by Gasteiger charge is 2.19. The van der Waals surface area contributed by atoms with E-state index in [9.17, 15) is 13.2 Å². The third-order valence-electron chi connectivity index (χ3n) is 3.15. The second-order valence-electron chi connectivity index (χ2n) is 4.75. The Kier molecular flexibility index (Phi) is 5.00. The van der Waals surface area contributed by atoms with Crippen LogP contribution in [0.25, 0.3) is 0 Å². The van der Waals surface area contributed by atoms with E-state index in [4.69, 9.17) is 5.73 Å². The number of halogens is 1. The van der Waals surface area contributed by atoms with Crippen LogP contribution < -0.4 is 10.5 Å². The first-order chi connectivity index (χ1) is 10.3. The molecule has 0 saturated carbocycles. The molecule has 0 aliphatic rings. The first kappa shape index (κ1) is 16.7. The minimum atomic E-state index is -3.69. The largest absolute Gasteiger partial charge is 0.366 e. The van der Waals surface area contributed by atoms with Gasteiger partial charge in [0, 0.05) is 16.1 Å². The van der Waals surface area contributed by atoms with Gasteiger partial charge < -0.3 is 5.73 Å². The highest BCUT2D eigenvalue weighted by atomic mass is 79.9. The molecule has 22 heavy (non-hydrogen) atoms. The SMILES string of the molecule is CC(NS(=O)(=O)c1ccc(C(N)=O)cc1)c1ccccc1Br. The molecule has 0 aromatic heterocycles. The molecule has 2 rings (SSSR count). The fourth-order valence-corrected chi connectivity index (χ4v) is 3.84. The summed E-state index contributed by atoms with van der Waals surface area (Å²) in [5.41, 5.74) is 6.23. The Morgan fingerprint density at radius 3 is 2.27 bits per heavy atom. The van der Waals surface area contributed by atoms with E-state index in [1.54, 1.807) is 6.92 Å². The van der Waals surface area contributed by atoms with Crippen molar-refractivity contribution in [2.45, 2.75) is 17.9 Å². The second-order valence-corrected chi connectivity index (χ2v) is 7.32. The van der Waals surface area contributed by atoms with Crippen molar-refractivity contribution in [3.8, 4) is 0 Å². The molecule has 0 aliphatic carbocycles.